The number of hydrogen-bond donors (Lipinski definition) is 1. The Morgan fingerprint density at radius 1 is 1.19 bits per heavy atom. The first-order valence-electron chi connectivity index (χ1n) is 6.05. The van der Waals surface area contributed by atoms with E-state index in [1.807, 2.05) is 0 Å². The van der Waals surface area contributed by atoms with Crippen molar-refractivity contribution in [2.75, 3.05) is 5.32 Å². The van der Waals surface area contributed by atoms with E-state index in [0.717, 1.165) is 5.69 Å². The maximum absolute atomic E-state index is 13.3. The van der Waals surface area contributed by atoms with Gasteiger partial charge in [0.1, 0.15) is 5.82 Å². The Kier molecular flexibility index (Phi) is 3.50. The highest BCUT2D eigenvalue weighted by Gasteiger charge is 2.06. The summed E-state index contributed by atoms with van der Waals surface area (Å²) in [4.78, 5) is 8.51. The molecule has 1 aromatic heterocycles. The van der Waals surface area contributed by atoms with Gasteiger partial charge in [-0.15, -0.1) is 0 Å². The fourth-order valence-corrected chi connectivity index (χ4v) is 2.42. The molecule has 0 spiro atoms. The van der Waals surface area contributed by atoms with Crippen molar-refractivity contribution >= 4 is 38.5 Å². The number of hydrogen-bond acceptors (Lipinski definition) is 4. The highest BCUT2D eigenvalue weighted by Crippen LogP contribution is 2.25. The number of nitriles is 1. The molecule has 0 fully saturated rings. The third kappa shape index (κ3) is 2.83. The highest BCUT2D eigenvalue weighted by molar-refractivity contribution is 9.10. The molecule has 1 heterocycles. The number of nitrogens with one attached hydrogen (secondary N) is 1. The lowest BCUT2D eigenvalue weighted by molar-refractivity contribution is 0.629. The number of benzene rings is 2. The van der Waals surface area contributed by atoms with E-state index in [2.05, 4.69) is 37.3 Å². The Morgan fingerprint density at radius 2 is 1.95 bits per heavy atom. The first kappa shape index (κ1) is 13.5. The summed E-state index contributed by atoms with van der Waals surface area (Å²) in [6.07, 6.45) is 1.56. The molecular formula is C15H8BrFN4. The van der Waals surface area contributed by atoms with Crippen molar-refractivity contribution in [1.29, 1.82) is 5.26 Å². The van der Waals surface area contributed by atoms with Crippen molar-refractivity contribution in [2.24, 2.45) is 0 Å². The van der Waals surface area contributed by atoms with Crippen LogP contribution in [0.1, 0.15) is 5.56 Å². The van der Waals surface area contributed by atoms with Gasteiger partial charge in [0.2, 0.25) is 5.95 Å². The molecule has 4 nitrogen and oxygen atoms in total. The standard InChI is InChI=1S/C15H8BrFN4/c16-13-6-11(17)5-10-8-19-15(21-14(10)13)20-12-3-1-9(7-18)2-4-12/h1-6,8H,(H,19,20,21). The molecule has 0 saturated carbocycles. The van der Waals surface area contributed by atoms with Crippen LogP contribution in [0.5, 0.6) is 0 Å². The van der Waals surface area contributed by atoms with Crippen LogP contribution >= 0.6 is 15.9 Å². The van der Waals surface area contributed by atoms with Crippen LogP contribution in [0.15, 0.2) is 47.1 Å². The third-order valence-corrected chi connectivity index (χ3v) is 3.48. The van der Waals surface area contributed by atoms with Gasteiger partial charge in [-0.1, -0.05) is 0 Å². The summed E-state index contributed by atoms with van der Waals surface area (Å²) in [6, 6.07) is 11.7. The average Bonchev–Trinajstić information content (AvgIpc) is 2.48. The van der Waals surface area contributed by atoms with Gasteiger partial charge in [0.15, 0.2) is 0 Å². The van der Waals surface area contributed by atoms with E-state index in [0.29, 0.717) is 26.9 Å². The zero-order valence-electron chi connectivity index (χ0n) is 10.6. The van der Waals surface area contributed by atoms with Crippen LogP contribution in [-0.4, -0.2) is 9.97 Å². The average molecular weight is 343 g/mol. The van der Waals surface area contributed by atoms with Gasteiger partial charge in [-0.25, -0.2) is 14.4 Å². The minimum Gasteiger partial charge on any atom is -0.324 e. The highest BCUT2D eigenvalue weighted by atomic mass is 79.9. The molecular weight excluding hydrogens is 335 g/mol. The maximum atomic E-state index is 13.3. The number of fused-ring (bicyclic) bond motifs is 1. The lowest BCUT2D eigenvalue weighted by atomic mass is 10.2. The number of aromatic nitrogens is 2. The van der Waals surface area contributed by atoms with Gasteiger partial charge in [0.25, 0.3) is 0 Å². The molecule has 102 valence electrons. The maximum Gasteiger partial charge on any atom is 0.227 e. The van der Waals surface area contributed by atoms with Crippen LogP contribution in [0.3, 0.4) is 0 Å². The zero-order chi connectivity index (χ0) is 14.8. The first-order valence-corrected chi connectivity index (χ1v) is 6.84. The third-order valence-electron chi connectivity index (χ3n) is 2.87. The summed E-state index contributed by atoms with van der Waals surface area (Å²) in [5, 5.41) is 12.4. The minimum absolute atomic E-state index is 0.342. The van der Waals surface area contributed by atoms with E-state index in [1.165, 1.54) is 12.1 Å². The summed E-state index contributed by atoms with van der Waals surface area (Å²) in [5.74, 6) is 0.0605. The van der Waals surface area contributed by atoms with Crippen molar-refractivity contribution in [3.8, 4) is 6.07 Å². The van der Waals surface area contributed by atoms with Crippen molar-refractivity contribution in [2.45, 2.75) is 0 Å². The Balaban J connectivity index is 1.95. The van der Waals surface area contributed by atoms with Crippen LogP contribution in [0, 0.1) is 17.1 Å². The topological polar surface area (TPSA) is 61.6 Å². The fourth-order valence-electron chi connectivity index (χ4n) is 1.89. The Morgan fingerprint density at radius 3 is 2.67 bits per heavy atom. The van der Waals surface area contributed by atoms with E-state index in [9.17, 15) is 4.39 Å². The van der Waals surface area contributed by atoms with Gasteiger partial charge >= 0.3 is 0 Å². The van der Waals surface area contributed by atoms with E-state index in [4.69, 9.17) is 5.26 Å². The molecule has 6 heteroatoms. The summed E-state index contributed by atoms with van der Waals surface area (Å²) in [6.45, 7) is 0. The molecule has 0 unspecified atom stereocenters. The number of rotatable bonds is 2. The number of halogens is 2. The largest absolute Gasteiger partial charge is 0.324 e. The van der Waals surface area contributed by atoms with Crippen LogP contribution < -0.4 is 5.32 Å². The second kappa shape index (κ2) is 5.46. The molecule has 0 atom stereocenters. The van der Waals surface area contributed by atoms with Crippen molar-refractivity contribution in [3.05, 3.63) is 58.4 Å². The van der Waals surface area contributed by atoms with Crippen molar-refractivity contribution in [3.63, 3.8) is 0 Å². The predicted molar refractivity (Wildman–Crippen MR) is 81.6 cm³/mol. The molecule has 3 rings (SSSR count). The Labute approximate surface area is 128 Å². The van der Waals surface area contributed by atoms with E-state index >= 15 is 0 Å². The minimum atomic E-state index is -0.342. The molecule has 0 amide bonds. The number of anilines is 2. The summed E-state index contributed by atoms with van der Waals surface area (Å²) in [7, 11) is 0. The molecule has 2 aromatic carbocycles. The van der Waals surface area contributed by atoms with E-state index in [1.54, 1.807) is 30.5 Å². The molecule has 0 bridgehead atoms. The molecule has 0 saturated heterocycles. The molecule has 3 aromatic rings. The molecule has 21 heavy (non-hydrogen) atoms. The fraction of sp³-hybridized carbons (Fsp3) is 0. The predicted octanol–water partition coefficient (Wildman–Crippen LogP) is 4.15. The first-order chi connectivity index (χ1) is 10.2. The normalized spacial score (nSPS) is 10.3. The lowest BCUT2D eigenvalue weighted by Gasteiger charge is -2.06. The summed E-state index contributed by atoms with van der Waals surface area (Å²) < 4.78 is 13.9. The Bertz CT molecular complexity index is 856. The molecule has 0 aliphatic rings. The van der Waals surface area contributed by atoms with Crippen LogP contribution in [-0.2, 0) is 0 Å². The summed E-state index contributed by atoms with van der Waals surface area (Å²) in [5.41, 5.74) is 1.98. The van der Waals surface area contributed by atoms with Crippen LogP contribution in [0.25, 0.3) is 10.9 Å². The molecule has 0 radical (unpaired) electrons. The van der Waals surface area contributed by atoms with Gasteiger partial charge in [0, 0.05) is 21.7 Å². The summed E-state index contributed by atoms with van der Waals surface area (Å²) >= 11 is 3.29. The zero-order valence-corrected chi connectivity index (χ0v) is 12.2. The molecule has 1 N–H and O–H groups in total. The Hall–Kier alpha value is -2.52. The number of nitrogens with zero attached hydrogens (tertiary/aromatic N) is 3. The van der Waals surface area contributed by atoms with E-state index in [-0.39, 0.29) is 5.82 Å². The van der Waals surface area contributed by atoms with Crippen LogP contribution in [0.4, 0.5) is 16.0 Å². The monoisotopic (exact) mass is 342 g/mol. The second-order valence-corrected chi connectivity index (χ2v) is 5.19. The second-order valence-electron chi connectivity index (χ2n) is 4.33. The van der Waals surface area contributed by atoms with Gasteiger partial charge < -0.3 is 5.32 Å². The quantitative estimate of drug-likeness (QED) is 0.759. The van der Waals surface area contributed by atoms with Gasteiger partial charge in [-0.3, -0.25) is 0 Å². The van der Waals surface area contributed by atoms with Gasteiger partial charge in [0.05, 0.1) is 17.1 Å². The van der Waals surface area contributed by atoms with Crippen molar-refractivity contribution in [1.82, 2.24) is 9.97 Å². The van der Waals surface area contributed by atoms with Crippen molar-refractivity contribution < 1.29 is 4.39 Å². The van der Waals surface area contributed by atoms with E-state index < -0.39 is 0 Å². The van der Waals surface area contributed by atoms with Gasteiger partial charge in [-0.05, 0) is 52.3 Å². The molecule has 0 aliphatic heterocycles. The SMILES string of the molecule is N#Cc1ccc(Nc2ncc3cc(F)cc(Br)c3n2)cc1. The smallest absolute Gasteiger partial charge is 0.227 e. The van der Waals surface area contributed by atoms with Gasteiger partial charge in [-0.2, -0.15) is 5.26 Å². The molecule has 0 aliphatic carbocycles. The lowest BCUT2D eigenvalue weighted by Crippen LogP contribution is -1.97. The van der Waals surface area contributed by atoms with Crippen LogP contribution in [0.2, 0.25) is 0 Å².